The van der Waals surface area contributed by atoms with Crippen molar-refractivity contribution in [2.45, 2.75) is 63.0 Å². The van der Waals surface area contributed by atoms with E-state index in [1.54, 1.807) is 0 Å². The Kier molecular flexibility index (Phi) is 4.51. The standard InChI is InChI=1S/C13H22N2OS/c1-4-14-11-7-5-6-8-12(11)17-13-15-9(2)10(3)16-13/h11-12,14H,4-8H2,1-3H3. The number of nitrogens with zero attached hydrogens (tertiary/aromatic N) is 1. The first kappa shape index (κ1) is 13.0. The van der Waals surface area contributed by atoms with Crippen molar-refractivity contribution in [2.24, 2.45) is 0 Å². The molecule has 1 aliphatic rings. The minimum absolute atomic E-state index is 0.612. The quantitative estimate of drug-likeness (QED) is 0.894. The van der Waals surface area contributed by atoms with Gasteiger partial charge < -0.3 is 9.73 Å². The van der Waals surface area contributed by atoms with Crippen LogP contribution >= 0.6 is 11.8 Å². The maximum Gasteiger partial charge on any atom is 0.256 e. The molecule has 0 radical (unpaired) electrons. The van der Waals surface area contributed by atoms with Crippen LogP contribution in [0.15, 0.2) is 9.64 Å². The van der Waals surface area contributed by atoms with E-state index in [1.165, 1.54) is 25.7 Å². The molecule has 2 atom stereocenters. The number of aromatic nitrogens is 1. The smallest absolute Gasteiger partial charge is 0.256 e. The van der Waals surface area contributed by atoms with Gasteiger partial charge in [0.15, 0.2) is 0 Å². The van der Waals surface area contributed by atoms with Gasteiger partial charge in [-0.05, 0) is 33.2 Å². The van der Waals surface area contributed by atoms with Crippen LogP contribution in [0.25, 0.3) is 0 Å². The topological polar surface area (TPSA) is 38.1 Å². The van der Waals surface area contributed by atoms with Crippen molar-refractivity contribution in [3.63, 3.8) is 0 Å². The van der Waals surface area contributed by atoms with Gasteiger partial charge in [0.05, 0.1) is 5.69 Å². The Bertz CT molecular complexity index is 343. The van der Waals surface area contributed by atoms with Crippen molar-refractivity contribution >= 4 is 11.8 Å². The molecule has 1 N–H and O–H groups in total. The molecule has 1 aromatic heterocycles. The Morgan fingerprint density at radius 3 is 2.76 bits per heavy atom. The summed E-state index contributed by atoms with van der Waals surface area (Å²) >= 11 is 1.81. The van der Waals surface area contributed by atoms with Crippen molar-refractivity contribution in [1.29, 1.82) is 0 Å². The first-order chi connectivity index (χ1) is 8.20. The number of nitrogens with one attached hydrogen (secondary N) is 1. The lowest BCUT2D eigenvalue weighted by molar-refractivity contribution is 0.383. The first-order valence-electron chi connectivity index (χ1n) is 6.54. The number of rotatable bonds is 4. The normalized spacial score (nSPS) is 25.1. The third kappa shape index (κ3) is 3.26. The summed E-state index contributed by atoms with van der Waals surface area (Å²) in [5.41, 5.74) is 1.02. The van der Waals surface area contributed by atoms with E-state index in [9.17, 15) is 0 Å². The Morgan fingerprint density at radius 2 is 2.12 bits per heavy atom. The second-order valence-corrected chi connectivity index (χ2v) is 5.92. The van der Waals surface area contributed by atoms with E-state index in [0.717, 1.165) is 23.2 Å². The summed E-state index contributed by atoms with van der Waals surface area (Å²) in [7, 11) is 0. The highest BCUT2D eigenvalue weighted by Gasteiger charge is 2.26. The SMILES string of the molecule is CCNC1CCCCC1Sc1nc(C)c(C)o1. The van der Waals surface area contributed by atoms with Crippen LogP contribution in [0.1, 0.15) is 44.1 Å². The molecule has 17 heavy (non-hydrogen) atoms. The summed E-state index contributed by atoms with van der Waals surface area (Å²) < 4.78 is 5.67. The molecule has 1 aromatic rings. The maximum absolute atomic E-state index is 5.67. The highest BCUT2D eigenvalue weighted by molar-refractivity contribution is 7.99. The molecular formula is C13H22N2OS. The molecule has 0 amide bonds. The molecule has 0 aromatic carbocycles. The molecule has 0 saturated heterocycles. The third-order valence-electron chi connectivity index (χ3n) is 3.43. The Balaban J connectivity index is 2.00. The molecule has 0 spiro atoms. The summed E-state index contributed by atoms with van der Waals surface area (Å²) in [6.45, 7) is 7.21. The Morgan fingerprint density at radius 1 is 1.35 bits per heavy atom. The summed E-state index contributed by atoms with van der Waals surface area (Å²) in [6.07, 6.45) is 5.23. The van der Waals surface area contributed by atoms with Gasteiger partial charge >= 0.3 is 0 Å². The zero-order valence-electron chi connectivity index (χ0n) is 11.0. The van der Waals surface area contributed by atoms with Crippen LogP contribution in [0.2, 0.25) is 0 Å². The van der Waals surface area contributed by atoms with E-state index in [2.05, 4.69) is 17.2 Å². The van der Waals surface area contributed by atoms with Crippen molar-refractivity contribution in [3.8, 4) is 0 Å². The lowest BCUT2D eigenvalue weighted by Crippen LogP contribution is -2.40. The minimum Gasteiger partial charge on any atom is -0.437 e. The van der Waals surface area contributed by atoms with Crippen LogP contribution in [0.4, 0.5) is 0 Å². The molecule has 0 aliphatic heterocycles. The van der Waals surface area contributed by atoms with Gasteiger partial charge in [0.1, 0.15) is 5.76 Å². The lowest BCUT2D eigenvalue weighted by Gasteiger charge is -2.30. The van der Waals surface area contributed by atoms with Gasteiger partial charge in [-0.25, -0.2) is 4.98 Å². The lowest BCUT2D eigenvalue weighted by atomic mass is 9.95. The van der Waals surface area contributed by atoms with Crippen LogP contribution in [0.5, 0.6) is 0 Å². The second kappa shape index (κ2) is 5.91. The second-order valence-electron chi connectivity index (χ2n) is 4.73. The van der Waals surface area contributed by atoms with E-state index in [4.69, 9.17) is 4.42 Å². The van der Waals surface area contributed by atoms with Crippen LogP contribution < -0.4 is 5.32 Å². The van der Waals surface area contributed by atoms with Gasteiger partial charge in [-0.3, -0.25) is 0 Å². The first-order valence-corrected chi connectivity index (χ1v) is 7.42. The highest BCUT2D eigenvalue weighted by Crippen LogP contribution is 2.34. The number of oxazole rings is 1. The molecule has 1 saturated carbocycles. The minimum atomic E-state index is 0.612. The van der Waals surface area contributed by atoms with Gasteiger partial charge in [-0.2, -0.15) is 0 Å². The largest absolute Gasteiger partial charge is 0.437 e. The monoisotopic (exact) mass is 254 g/mol. The summed E-state index contributed by atoms with van der Waals surface area (Å²) in [6, 6.07) is 0.617. The van der Waals surface area contributed by atoms with Crippen molar-refractivity contribution in [1.82, 2.24) is 10.3 Å². The number of hydrogen-bond donors (Lipinski definition) is 1. The zero-order valence-corrected chi connectivity index (χ0v) is 11.8. The van der Waals surface area contributed by atoms with Gasteiger partial charge in [0, 0.05) is 11.3 Å². The van der Waals surface area contributed by atoms with Gasteiger partial charge in [-0.15, -0.1) is 0 Å². The van der Waals surface area contributed by atoms with E-state index in [1.807, 2.05) is 25.6 Å². The zero-order chi connectivity index (χ0) is 12.3. The molecule has 4 heteroatoms. The van der Waals surface area contributed by atoms with E-state index < -0.39 is 0 Å². The van der Waals surface area contributed by atoms with Crippen molar-refractivity contribution < 1.29 is 4.42 Å². The number of thioether (sulfide) groups is 1. The van der Waals surface area contributed by atoms with Crippen LogP contribution in [-0.4, -0.2) is 22.8 Å². The average Bonchev–Trinajstić information content (AvgIpc) is 2.61. The average molecular weight is 254 g/mol. The molecule has 0 bridgehead atoms. The predicted octanol–water partition coefficient (Wildman–Crippen LogP) is 3.30. The number of aryl methyl sites for hydroxylation is 2. The van der Waals surface area contributed by atoms with Gasteiger partial charge in [-0.1, -0.05) is 31.5 Å². The van der Waals surface area contributed by atoms with E-state index in [0.29, 0.717) is 11.3 Å². The Labute approximate surface area is 108 Å². The Hall–Kier alpha value is -0.480. The molecule has 3 nitrogen and oxygen atoms in total. The molecule has 96 valence electrons. The summed E-state index contributed by atoms with van der Waals surface area (Å²) in [4.78, 5) is 4.47. The van der Waals surface area contributed by atoms with Crippen molar-refractivity contribution in [2.75, 3.05) is 6.54 Å². The molecule has 2 unspecified atom stereocenters. The molecule has 2 rings (SSSR count). The van der Waals surface area contributed by atoms with Crippen molar-refractivity contribution in [3.05, 3.63) is 11.5 Å². The number of hydrogen-bond acceptors (Lipinski definition) is 4. The molecule has 1 aliphatic carbocycles. The van der Waals surface area contributed by atoms with E-state index in [-0.39, 0.29) is 0 Å². The van der Waals surface area contributed by atoms with E-state index >= 15 is 0 Å². The maximum atomic E-state index is 5.67. The van der Waals surface area contributed by atoms with Crippen LogP contribution in [0, 0.1) is 13.8 Å². The summed E-state index contributed by atoms with van der Waals surface area (Å²) in [5.74, 6) is 0.948. The summed E-state index contributed by atoms with van der Waals surface area (Å²) in [5, 5.41) is 5.04. The molecule has 1 fully saturated rings. The third-order valence-corrected chi connectivity index (χ3v) is 4.67. The van der Waals surface area contributed by atoms with Crippen LogP contribution in [0.3, 0.4) is 0 Å². The highest BCUT2D eigenvalue weighted by atomic mass is 32.2. The van der Waals surface area contributed by atoms with Crippen LogP contribution in [-0.2, 0) is 0 Å². The van der Waals surface area contributed by atoms with Gasteiger partial charge in [0.25, 0.3) is 5.22 Å². The molecular weight excluding hydrogens is 232 g/mol. The van der Waals surface area contributed by atoms with Gasteiger partial charge in [0.2, 0.25) is 0 Å². The fourth-order valence-corrected chi connectivity index (χ4v) is 3.66. The fourth-order valence-electron chi connectivity index (χ4n) is 2.36. The fraction of sp³-hybridized carbons (Fsp3) is 0.769. The predicted molar refractivity (Wildman–Crippen MR) is 71.6 cm³/mol. The molecule has 1 heterocycles.